The highest BCUT2D eigenvalue weighted by atomic mass is 35.5. The van der Waals surface area contributed by atoms with Crippen molar-refractivity contribution in [3.05, 3.63) is 34.3 Å². The minimum atomic E-state index is 0.243. The number of amides is 1. The van der Waals surface area contributed by atoms with Crippen molar-refractivity contribution in [2.24, 2.45) is 5.92 Å². The predicted octanol–water partition coefficient (Wildman–Crippen LogP) is 2.69. The summed E-state index contributed by atoms with van der Waals surface area (Å²) in [7, 11) is 1.66. The summed E-state index contributed by atoms with van der Waals surface area (Å²) in [4.78, 5) is 13.8. The fourth-order valence-electron chi connectivity index (χ4n) is 2.58. The van der Waals surface area contributed by atoms with Crippen LogP contribution < -0.4 is 0 Å². The maximum absolute atomic E-state index is 11.9. The Balaban J connectivity index is 1.93. The van der Waals surface area contributed by atoms with Gasteiger partial charge in [0, 0.05) is 31.6 Å². The van der Waals surface area contributed by atoms with Crippen molar-refractivity contribution in [2.75, 3.05) is 26.8 Å². The van der Waals surface area contributed by atoms with Gasteiger partial charge in [-0.1, -0.05) is 23.7 Å². The largest absolute Gasteiger partial charge is 0.383 e. The van der Waals surface area contributed by atoms with Crippen LogP contribution in [-0.4, -0.2) is 37.6 Å². The maximum atomic E-state index is 11.9. The van der Waals surface area contributed by atoms with Gasteiger partial charge < -0.3 is 9.64 Å². The van der Waals surface area contributed by atoms with Crippen molar-refractivity contribution in [2.45, 2.75) is 19.8 Å². The van der Waals surface area contributed by atoms with Crippen LogP contribution in [0.4, 0.5) is 0 Å². The van der Waals surface area contributed by atoms with Gasteiger partial charge in [-0.05, 0) is 36.5 Å². The monoisotopic (exact) mass is 281 g/mol. The van der Waals surface area contributed by atoms with Gasteiger partial charge in [-0.25, -0.2) is 0 Å². The third-order valence-electron chi connectivity index (χ3n) is 3.61. The minimum Gasteiger partial charge on any atom is -0.383 e. The van der Waals surface area contributed by atoms with Gasteiger partial charge in [-0.3, -0.25) is 4.79 Å². The van der Waals surface area contributed by atoms with Gasteiger partial charge >= 0.3 is 0 Å². The summed E-state index contributed by atoms with van der Waals surface area (Å²) in [6.45, 7) is 4.16. The number of halogens is 1. The van der Waals surface area contributed by atoms with E-state index in [1.807, 2.05) is 17.9 Å². The van der Waals surface area contributed by atoms with Crippen molar-refractivity contribution < 1.29 is 9.53 Å². The van der Waals surface area contributed by atoms with E-state index < -0.39 is 0 Å². The molecule has 0 aliphatic carbocycles. The van der Waals surface area contributed by atoms with E-state index in [9.17, 15) is 4.79 Å². The van der Waals surface area contributed by atoms with Gasteiger partial charge in [0.25, 0.3) is 0 Å². The molecule has 104 valence electrons. The normalized spacial score (nSPS) is 19.2. The van der Waals surface area contributed by atoms with Crippen LogP contribution in [0.2, 0.25) is 5.02 Å². The zero-order chi connectivity index (χ0) is 13.8. The molecule has 0 N–H and O–H groups in total. The fourth-order valence-corrected chi connectivity index (χ4v) is 2.69. The molecule has 2 rings (SSSR count). The van der Waals surface area contributed by atoms with Crippen LogP contribution in [0.25, 0.3) is 0 Å². The van der Waals surface area contributed by atoms with Crippen molar-refractivity contribution in [3.8, 4) is 0 Å². The molecule has 1 heterocycles. The van der Waals surface area contributed by atoms with E-state index in [4.69, 9.17) is 16.3 Å². The molecule has 0 radical (unpaired) electrons. The first-order chi connectivity index (χ1) is 9.10. The van der Waals surface area contributed by atoms with Crippen LogP contribution in [-0.2, 0) is 16.0 Å². The van der Waals surface area contributed by atoms with Crippen LogP contribution in [0.15, 0.2) is 18.2 Å². The van der Waals surface area contributed by atoms with E-state index >= 15 is 0 Å². The summed E-state index contributed by atoms with van der Waals surface area (Å²) in [6, 6.07) is 6.11. The van der Waals surface area contributed by atoms with Gasteiger partial charge in [-0.15, -0.1) is 0 Å². The molecule has 0 spiro atoms. The molecule has 3 nitrogen and oxygen atoms in total. The number of hydrogen-bond acceptors (Lipinski definition) is 2. The number of likely N-dealkylation sites (tertiary alicyclic amines) is 1. The quantitative estimate of drug-likeness (QED) is 0.830. The summed E-state index contributed by atoms with van der Waals surface area (Å²) in [6.07, 6.45) is 1.58. The topological polar surface area (TPSA) is 29.5 Å². The van der Waals surface area contributed by atoms with Gasteiger partial charge in [0.05, 0.1) is 6.61 Å². The zero-order valence-electron chi connectivity index (χ0n) is 11.5. The van der Waals surface area contributed by atoms with E-state index in [0.717, 1.165) is 23.6 Å². The molecule has 1 unspecified atom stereocenters. The second kappa shape index (κ2) is 6.40. The third kappa shape index (κ3) is 3.71. The molecule has 1 saturated heterocycles. The van der Waals surface area contributed by atoms with Crippen LogP contribution in [0.5, 0.6) is 0 Å². The van der Waals surface area contributed by atoms with Gasteiger partial charge in [0.1, 0.15) is 0 Å². The Kier molecular flexibility index (Phi) is 4.83. The number of ether oxygens (including phenoxy) is 1. The molecule has 1 atom stereocenters. The van der Waals surface area contributed by atoms with E-state index in [2.05, 4.69) is 12.1 Å². The Bertz CT molecular complexity index is 461. The molecule has 1 aromatic carbocycles. The van der Waals surface area contributed by atoms with E-state index in [1.165, 1.54) is 5.56 Å². The number of carbonyl (C=O) groups is 1. The van der Waals surface area contributed by atoms with Crippen molar-refractivity contribution >= 4 is 17.5 Å². The Labute approximate surface area is 119 Å². The molecular formula is C15H20ClNO2. The Hall–Kier alpha value is -1.06. The van der Waals surface area contributed by atoms with Crippen LogP contribution in [0.1, 0.15) is 17.5 Å². The molecule has 1 aliphatic rings. The van der Waals surface area contributed by atoms with E-state index in [-0.39, 0.29) is 5.91 Å². The van der Waals surface area contributed by atoms with E-state index in [0.29, 0.717) is 25.5 Å². The lowest BCUT2D eigenvalue weighted by Gasteiger charge is -2.16. The number of carbonyl (C=O) groups excluding carboxylic acids is 1. The summed E-state index contributed by atoms with van der Waals surface area (Å²) in [5.41, 5.74) is 2.35. The molecule has 19 heavy (non-hydrogen) atoms. The number of benzene rings is 1. The Morgan fingerprint density at radius 3 is 2.95 bits per heavy atom. The molecule has 1 aliphatic heterocycles. The van der Waals surface area contributed by atoms with Gasteiger partial charge in [0.15, 0.2) is 0 Å². The Morgan fingerprint density at radius 1 is 1.47 bits per heavy atom. The highest BCUT2D eigenvalue weighted by molar-refractivity contribution is 6.31. The second-order valence-electron chi connectivity index (χ2n) is 5.19. The summed E-state index contributed by atoms with van der Waals surface area (Å²) in [5.74, 6) is 0.651. The van der Waals surface area contributed by atoms with Gasteiger partial charge in [-0.2, -0.15) is 0 Å². The molecule has 0 aromatic heterocycles. The molecule has 0 saturated carbocycles. The molecule has 1 aromatic rings. The van der Waals surface area contributed by atoms with Crippen molar-refractivity contribution in [1.29, 1.82) is 0 Å². The standard InChI is InChI=1S/C15H20ClNO2/c1-11-7-12(3-4-14(11)16)8-13-9-15(18)17(10-13)5-6-19-2/h3-4,7,13H,5-6,8-10H2,1-2H3. The number of methoxy groups -OCH3 is 1. The fraction of sp³-hybridized carbons (Fsp3) is 0.533. The highest BCUT2D eigenvalue weighted by Gasteiger charge is 2.29. The lowest BCUT2D eigenvalue weighted by molar-refractivity contribution is -0.128. The van der Waals surface area contributed by atoms with Crippen LogP contribution >= 0.6 is 11.6 Å². The van der Waals surface area contributed by atoms with Crippen molar-refractivity contribution in [1.82, 2.24) is 4.90 Å². The number of nitrogens with zero attached hydrogens (tertiary/aromatic N) is 1. The zero-order valence-corrected chi connectivity index (χ0v) is 12.2. The summed E-state index contributed by atoms with van der Waals surface area (Å²) >= 11 is 6.02. The van der Waals surface area contributed by atoms with Gasteiger partial charge in [0.2, 0.25) is 5.91 Å². The second-order valence-corrected chi connectivity index (χ2v) is 5.60. The first kappa shape index (κ1) is 14.4. The van der Waals surface area contributed by atoms with Crippen LogP contribution in [0, 0.1) is 12.8 Å². The average molecular weight is 282 g/mol. The van der Waals surface area contributed by atoms with Crippen molar-refractivity contribution in [3.63, 3.8) is 0 Å². The molecular weight excluding hydrogens is 262 g/mol. The predicted molar refractivity (Wildman–Crippen MR) is 76.5 cm³/mol. The van der Waals surface area contributed by atoms with Crippen LogP contribution in [0.3, 0.4) is 0 Å². The molecule has 1 amide bonds. The maximum Gasteiger partial charge on any atom is 0.223 e. The first-order valence-corrected chi connectivity index (χ1v) is 6.99. The van der Waals surface area contributed by atoms with E-state index in [1.54, 1.807) is 7.11 Å². The number of aryl methyl sites for hydroxylation is 1. The lowest BCUT2D eigenvalue weighted by atomic mass is 9.97. The third-order valence-corrected chi connectivity index (χ3v) is 4.03. The first-order valence-electron chi connectivity index (χ1n) is 6.62. The summed E-state index contributed by atoms with van der Waals surface area (Å²) < 4.78 is 5.03. The SMILES string of the molecule is COCCN1CC(Cc2ccc(Cl)c(C)c2)CC1=O. The average Bonchev–Trinajstić information content (AvgIpc) is 2.72. The number of hydrogen-bond donors (Lipinski definition) is 0. The summed E-state index contributed by atoms with van der Waals surface area (Å²) in [5, 5.41) is 0.799. The Morgan fingerprint density at radius 2 is 2.26 bits per heavy atom. The molecule has 0 bridgehead atoms. The minimum absolute atomic E-state index is 0.243. The lowest BCUT2D eigenvalue weighted by Crippen LogP contribution is -2.28. The number of rotatable bonds is 5. The highest BCUT2D eigenvalue weighted by Crippen LogP contribution is 2.24. The molecule has 1 fully saturated rings. The molecule has 4 heteroatoms. The smallest absolute Gasteiger partial charge is 0.223 e.